The minimum Gasteiger partial charge on any atom is -0.329 e. The highest BCUT2D eigenvalue weighted by molar-refractivity contribution is 7.14. The molecule has 2 heterocycles. The number of pyridine rings is 1. The number of amides is 1. The number of thiazole rings is 1. The van der Waals surface area contributed by atoms with Crippen LogP contribution in [0.4, 0.5) is 16.6 Å². The van der Waals surface area contributed by atoms with Crippen molar-refractivity contribution in [1.82, 2.24) is 9.97 Å². The van der Waals surface area contributed by atoms with Crippen molar-refractivity contribution in [3.05, 3.63) is 103 Å². The van der Waals surface area contributed by atoms with Crippen molar-refractivity contribution in [2.24, 2.45) is 0 Å². The Kier molecular flexibility index (Phi) is 6.19. The molecule has 0 aliphatic carbocycles. The maximum absolute atomic E-state index is 13.2. The molecule has 0 radical (unpaired) electrons. The number of para-hydroxylation sites is 1. The summed E-state index contributed by atoms with van der Waals surface area (Å²) in [6.07, 6.45) is 3.31. The van der Waals surface area contributed by atoms with Crippen molar-refractivity contribution in [3.8, 4) is 11.3 Å². The van der Waals surface area contributed by atoms with Gasteiger partial charge in [-0.15, -0.1) is 17.9 Å². The number of benzene rings is 2. The van der Waals surface area contributed by atoms with Gasteiger partial charge in [0.15, 0.2) is 5.13 Å². The van der Waals surface area contributed by atoms with Gasteiger partial charge in [0.25, 0.3) is 5.91 Å². The molecule has 0 unspecified atom stereocenters. The van der Waals surface area contributed by atoms with Crippen LogP contribution in [-0.4, -0.2) is 29.5 Å². The van der Waals surface area contributed by atoms with Crippen LogP contribution in [0.1, 0.15) is 10.4 Å². The van der Waals surface area contributed by atoms with Gasteiger partial charge in [-0.25, -0.2) is 9.97 Å². The summed E-state index contributed by atoms with van der Waals surface area (Å²) in [6, 6.07) is 23.5. The zero-order valence-corrected chi connectivity index (χ0v) is 18.0. The molecule has 0 aliphatic rings. The Morgan fingerprint density at radius 2 is 1.74 bits per heavy atom. The molecule has 1 amide bonds. The van der Waals surface area contributed by atoms with Gasteiger partial charge in [0, 0.05) is 36.4 Å². The van der Waals surface area contributed by atoms with Gasteiger partial charge in [-0.05, 0) is 24.3 Å². The standard InChI is InChI=1S/C25H22N4OS/c1-3-16-29(25-27-22(18-31-25)19-10-6-4-7-11-19)24(30)20-14-15-23(26-17-20)28(2)21-12-8-5-9-13-21/h3-15,17-18H,1,16H2,2H3. The van der Waals surface area contributed by atoms with Crippen LogP contribution in [0.25, 0.3) is 11.3 Å². The Balaban J connectivity index is 1.56. The molecule has 0 spiro atoms. The van der Waals surface area contributed by atoms with Crippen LogP contribution in [0, 0.1) is 0 Å². The van der Waals surface area contributed by atoms with E-state index in [0.717, 1.165) is 22.8 Å². The summed E-state index contributed by atoms with van der Waals surface area (Å²) in [5, 5.41) is 2.60. The van der Waals surface area contributed by atoms with Crippen molar-refractivity contribution in [2.75, 3.05) is 23.4 Å². The number of hydrogen-bond acceptors (Lipinski definition) is 5. The van der Waals surface area contributed by atoms with Gasteiger partial charge in [-0.3, -0.25) is 9.69 Å². The Morgan fingerprint density at radius 1 is 1.03 bits per heavy atom. The molecule has 2 aromatic heterocycles. The summed E-state index contributed by atoms with van der Waals surface area (Å²) >= 11 is 1.44. The van der Waals surface area contributed by atoms with Crippen LogP contribution in [-0.2, 0) is 0 Å². The maximum atomic E-state index is 13.2. The van der Waals surface area contributed by atoms with Crippen molar-refractivity contribution < 1.29 is 4.79 Å². The molecule has 0 saturated carbocycles. The van der Waals surface area contributed by atoms with Crippen LogP contribution >= 0.6 is 11.3 Å². The van der Waals surface area contributed by atoms with E-state index in [4.69, 9.17) is 0 Å². The second kappa shape index (κ2) is 9.36. The summed E-state index contributed by atoms with van der Waals surface area (Å²) in [6.45, 7) is 4.17. The molecule has 0 saturated heterocycles. The number of hydrogen-bond donors (Lipinski definition) is 0. The smallest absolute Gasteiger partial charge is 0.261 e. The molecule has 31 heavy (non-hydrogen) atoms. The fourth-order valence-electron chi connectivity index (χ4n) is 3.16. The molecule has 0 bridgehead atoms. The molecule has 0 N–H and O–H groups in total. The molecule has 0 fully saturated rings. The SMILES string of the molecule is C=CCN(C(=O)c1ccc(N(C)c2ccccc2)nc1)c1nc(-c2ccccc2)cs1. The van der Waals surface area contributed by atoms with Gasteiger partial charge >= 0.3 is 0 Å². The zero-order valence-electron chi connectivity index (χ0n) is 17.2. The first-order chi connectivity index (χ1) is 15.2. The van der Waals surface area contributed by atoms with Gasteiger partial charge in [0.1, 0.15) is 5.82 Å². The van der Waals surface area contributed by atoms with Crippen molar-refractivity contribution >= 4 is 33.9 Å². The number of nitrogens with zero attached hydrogens (tertiary/aromatic N) is 4. The quantitative estimate of drug-likeness (QED) is 0.350. The largest absolute Gasteiger partial charge is 0.329 e. The molecule has 4 aromatic rings. The Hall–Kier alpha value is -3.77. The topological polar surface area (TPSA) is 49.3 Å². The summed E-state index contributed by atoms with van der Waals surface area (Å²) in [4.78, 5) is 26.0. The summed E-state index contributed by atoms with van der Waals surface area (Å²) in [7, 11) is 1.95. The van der Waals surface area contributed by atoms with Gasteiger partial charge in [-0.1, -0.05) is 54.6 Å². The normalized spacial score (nSPS) is 10.5. The van der Waals surface area contributed by atoms with E-state index in [0.29, 0.717) is 17.2 Å². The van der Waals surface area contributed by atoms with E-state index in [9.17, 15) is 4.79 Å². The third-order valence-corrected chi connectivity index (χ3v) is 5.69. The lowest BCUT2D eigenvalue weighted by atomic mass is 10.2. The molecule has 0 atom stereocenters. The number of carbonyl (C=O) groups is 1. The van der Waals surface area contributed by atoms with E-state index < -0.39 is 0 Å². The van der Waals surface area contributed by atoms with Gasteiger partial charge in [-0.2, -0.15) is 0 Å². The predicted octanol–water partition coefficient (Wildman–Crippen LogP) is 5.81. The molecule has 5 nitrogen and oxygen atoms in total. The predicted molar refractivity (Wildman–Crippen MR) is 128 cm³/mol. The zero-order chi connectivity index (χ0) is 21.6. The van der Waals surface area contributed by atoms with Crippen LogP contribution in [0.15, 0.2) is 97.0 Å². The first-order valence-corrected chi connectivity index (χ1v) is 10.7. The first-order valence-electron chi connectivity index (χ1n) is 9.86. The minimum absolute atomic E-state index is 0.157. The van der Waals surface area contributed by atoms with Crippen LogP contribution in [0.2, 0.25) is 0 Å². The minimum atomic E-state index is -0.157. The third-order valence-electron chi connectivity index (χ3n) is 4.83. The number of carbonyl (C=O) groups excluding carboxylic acids is 1. The van der Waals surface area contributed by atoms with E-state index in [1.54, 1.807) is 23.2 Å². The van der Waals surface area contributed by atoms with Crippen LogP contribution in [0.3, 0.4) is 0 Å². The highest BCUT2D eigenvalue weighted by atomic mass is 32.1. The molecule has 154 valence electrons. The van der Waals surface area contributed by atoms with Gasteiger partial charge < -0.3 is 4.90 Å². The van der Waals surface area contributed by atoms with E-state index >= 15 is 0 Å². The van der Waals surface area contributed by atoms with Gasteiger partial charge in [0.05, 0.1) is 11.3 Å². The van der Waals surface area contributed by atoms with Crippen LogP contribution in [0.5, 0.6) is 0 Å². The molecular formula is C25H22N4OS. The van der Waals surface area contributed by atoms with E-state index in [1.165, 1.54) is 11.3 Å². The average Bonchev–Trinajstić information content (AvgIpc) is 3.33. The molecule has 0 aliphatic heterocycles. The van der Waals surface area contributed by atoms with Crippen molar-refractivity contribution in [3.63, 3.8) is 0 Å². The summed E-state index contributed by atoms with van der Waals surface area (Å²) in [5.74, 6) is 0.605. The molecule has 6 heteroatoms. The Morgan fingerprint density at radius 3 is 2.39 bits per heavy atom. The second-order valence-corrected chi connectivity index (χ2v) is 7.72. The number of rotatable bonds is 7. The molecule has 2 aromatic carbocycles. The van der Waals surface area contributed by atoms with Crippen molar-refractivity contribution in [2.45, 2.75) is 0 Å². The average molecular weight is 427 g/mol. The van der Waals surface area contributed by atoms with E-state index in [2.05, 4.69) is 16.5 Å². The highest BCUT2D eigenvalue weighted by Crippen LogP contribution is 2.29. The fraction of sp³-hybridized carbons (Fsp3) is 0.0800. The van der Waals surface area contributed by atoms with Crippen LogP contribution < -0.4 is 9.80 Å². The summed E-state index contributed by atoms with van der Waals surface area (Å²) < 4.78 is 0. The first kappa shape index (κ1) is 20.5. The molecular weight excluding hydrogens is 404 g/mol. The lowest BCUT2D eigenvalue weighted by Gasteiger charge is -2.20. The maximum Gasteiger partial charge on any atom is 0.261 e. The van der Waals surface area contributed by atoms with E-state index in [-0.39, 0.29) is 5.91 Å². The molecule has 4 rings (SSSR count). The number of aromatic nitrogens is 2. The second-order valence-electron chi connectivity index (χ2n) is 6.89. The number of anilines is 3. The fourth-order valence-corrected chi connectivity index (χ4v) is 4.00. The Bertz CT molecular complexity index is 1160. The third kappa shape index (κ3) is 4.54. The lowest BCUT2D eigenvalue weighted by Crippen LogP contribution is -2.31. The summed E-state index contributed by atoms with van der Waals surface area (Å²) in [5.41, 5.74) is 3.40. The monoisotopic (exact) mass is 426 g/mol. The lowest BCUT2D eigenvalue weighted by molar-refractivity contribution is 0.0989. The highest BCUT2D eigenvalue weighted by Gasteiger charge is 2.21. The Labute approximate surface area is 185 Å². The van der Waals surface area contributed by atoms with Gasteiger partial charge in [0.2, 0.25) is 0 Å². The van der Waals surface area contributed by atoms with Crippen molar-refractivity contribution in [1.29, 1.82) is 0 Å². The van der Waals surface area contributed by atoms with E-state index in [1.807, 2.05) is 84.1 Å².